The molecular weight excluding hydrogens is 157 g/mol. The highest BCUT2D eigenvalue weighted by Crippen LogP contribution is 2.13. The van der Waals surface area contributed by atoms with E-state index in [9.17, 15) is 9.36 Å². The van der Waals surface area contributed by atoms with Gasteiger partial charge in [0.25, 0.3) is 5.91 Å². The summed E-state index contributed by atoms with van der Waals surface area (Å²) in [5, 5.41) is 0. The van der Waals surface area contributed by atoms with Gasteiger partial charge in [-0.25, -0.2) is 0 Å². The molecule has 58 valence electrons. The third-order valence-electron chi connectivity index (χ3n) is 0.797. The number of nitrogens with zero attached hydrogens (tertiary/aromatic N) is 1. The van der Waals surface area contributed by atoms with Gasteiger partial charge in [-0.05, 0) is 0 Å². The van der Waals surface area contributed by atoms with E-state index in [0.717, 1.165) is 0 Å². The van der Waals surface area contributed by atoms with Crippen LogP contribution in [0.25, 0.3) is 0 Å². The van der Waals surface area contributed by atoms with Gasteiger partial charge in [0.15, 0.2) is 6.61 Å². The van der Waals surface area contributed by atoms with Crippen LogP contribution >= 0.6 is 8.25 Å². The van der Waals surface area contributed by atoms with Crippen molar-refractivity contribution in [3.05, 3.63) is 0 Å². The summed E-state index contributed by atoms with van der Waals surface area (Å²) in [4.78, 5) is 20.0. The van der Waals surface area contributed by atoms with Gasteiger partial charge in [-0.2, -0.15) is 0 Å². The quantitative estimate of drug-likeness (QED) is 0.586. The Bertz CT molecular complexity index is 146. The third-order valence-corrected chi connectivity index (χ3v) is 1.15. The lowest BCUT2D eigenvalue weighted by molar-refractivity contribution is -0.130. The molecule has 0 spiro atoms. The van der Waals surface area contributed by atoms with Crippen molar-refractivity contribution in [3.8, 4) is 0 Å². The molecule has 1 amide bonds. The van der Waals surface area contributed by atoms with E-state index in [0.29, 0.717) is 0 Å². The van der Waals surface area contributed by atoms with E-state index in [2.05, 4.69) is 4.52 Å². The highest BCUT2D eigenvalue weighted by atomic mass is 31.1. The minimum atomic E-state index is -2.66. The lowest BCUT2D eigenvalue weighted by Crippen LogP contribution is -2.25. The lowest BCUT2D eigenvalue weighted by atomic mass is 10.6. The highest BCUT2D eigenvalue weighted by Gasteiger charge is 2.16. The molecule has 0 fully saturated rings. The number of rotatable bonds is 3. The standard InChI is InChI=1S/C4H8NO4P/c1-5(2)4(6)3-9-10(7)8/h3H2,1-2H3/p+1. The first-order chi connectivity index (χ1) is 4.54. The average Bonchev–Trinajstić information content (AvgIpc) is 1.82. The van der Waals surface area contributed by atoms with Crippen molar-refractivity contribution in [1.82, 2.24) is 4.90 Å². The molecule has 0 saturated heterocycles. The number of carbonyl (C=O) groups is 1. The first-order valence-corrected chi connectivity index (χ1v) is 3.66. The van der Waals surface area contributed by atoms with Crippen molar-refractivity contribution in [3.63, 3.8) is 0 Å². The van der Waals surface area contributed by atoms with E-state index in [1.807, 2.05) is 0 Å². The molecule has 10 heavy (non-hydrogen) atoms. The Morgan fingerprint density at radius 1 is 1.70 bits per heavy atom. The van der Waals surface area contributed by atoms with Gasteiger partial charge in [0, 0.05) is 18.7 Å². The van der Waals surface area contributed by atoms with Gasteiger partial charge in [-0.3, -0.25) is 4.79 Å². The lowest BCUT2D eigenvalue weighted by Gasteiger charge is -2.05. The monoisotopic (exact) mass is 166 g/mol. The van der Waals surface area contributed by atoms with Gasteiger partial charge in [0.1, 0.15) is 0 Å². The fraction of sp³-hybridized carbons (Fsp3) is 0.750. The number of carbonyl (C=O) groups excluding carboxylic acids is 1. The summed E-state index contributed by atoms with van der Waals surface area (Å²) in [7, 11) is 0.420. The summed E-state index contributed by atoms with van der Waals surface area (Å²) < 4.78 is 14.0. The molecule has 0 bridgehead atoms. The van der Waals surface area contributed by atoms with E-state index in [4.69, 9.17) is 4.89 Å². The van der Waals surface area contributed by atoms with Crippen LogP contribution in [0.15, 0.2) is 0 Å². The molecule has 1 atom stereocenters. The van der Waals surface area contributed by atoms with Crippen LogP contribution in [-0.2, 0) is 13.9 Å². The molecule has 0 rings (SSSR count). The maximum Gasteiger partial charge on any atom is 0.695 e. The van der Waals surface area contributed by atoms with Gasteiger partial charge in [0.2, 0.25) is 0 Å². The summed E-state index contributed by atoms with van der Waals surface area (Å²) in [6.45, 7) is -0.349. The van der Waals surface area contributed by atoms with Gasteiger partial charge >= 0.3 is 8.25 Å². The van der Waals surface area contributed by atoms with Crippen molar-refractivity contribution < 1.29 is 18.8 Å². The smallest absolute Gasteiger partial charge is 0.347 e. The molecular formula is C4H9NO4P+. The molecule has 0 aromatic heterocycles. The first kappa shape index (κ1) is 9.49. The fourth-order valence-corrected chi connectivity index (χ4v) is 0.460. The van der Waals surface area contributed by atoms with Crippen LogP contribution in [0, 0.1) is 0 Å². The molecule has 0 heterocycles. The maximum absolute atomic E-state index is 10.6. The van der Waals surface area contributed by atoms with Gasteiger partial charge in [-0.1, -0.05) is 0 Å². The van der Waals surface area contributed by atoms with E-state index >= 15 is 0 Å². The Kier molecular flexibility index (Phi) is 4.11. The summed E-state index contributed by atoms with van der Waals surface area (Å²) in [5.74, 6) is -0.336. The van der Waals surface area contributed by atoms with Crippen LogP contribution in [0.3, 0.4) is 0 Å². The molecule has 6 heteroatoms. The average molecular weight is 166 g/mol. The molecule has 0 aliphatic heterocycles. The number of hydrogen-bond acceptors (Lipinski definition) is 3. The number of likely N-dealkylation sites (N-methyl/N-ethyl adjacent to an activating group) is 1. The molecule has 0 aliphatic carbocycles. The highest BCUT2D eigenvalue weighted by molar-refractivity contribution is 7.32. The van der Waals surface area contributed by atoms with Crippen molar-refractivity contribution in [1.29, 1.82) is 0 Å². The Balaban J connectivity index is 3.50. The first-order valence-electron chi connectivity index (χ1n) is 2.53. The normalized spacial score (nSPS) is 10.9. The van der Waals surface area contributed by atoms with Gasteiger partial charge in [-0.15, -0.1) is 9.42 Å². The molecule has 0 radical (unpaired) electrons. The van der Waals surface area contributed by atoms with Crippen molar-refractivity contribution >= 4 is 14.2 Å². The van der Waals surface area contributed by atoms with Crippen molar-refractivity contribution in [2.75, 3.05) is 20.7 Å². The largest absolute Gasteiger partial charge is 0.695 e. The zero-order valence-electron chi connectivity index (χ0n) is 5.77. The SMILES string of the molecule is CN(C)C(=O)CO[P+](=O)O. The summed E-state index contributed by atoms with van der Waals surface area (Å²) in [6.07, 6.45) is 0. The van der Waals surface area contributed by atoms with Crippen LogP contribution in [0.2, 0.25) is 0 Å². The zero-order chi connectivity index (χ0) is 8.15. The van der Waals surface area contributed by atoms with Crippen LogP contribution in [0.4, 0.5) is 0 Å². The summed E-state index contributed by atoms with van der Waals surface area (Å²) in [5.41, 5.74) is 0. The van der Waals surface area contributed by atoms with E-state index < -0.39 is 8.25 Å². The van der Waals surface area contributed by atoms with Gasteiger partial charge < -0.3 is 4.90 Å². The summed E-state index contributed by atoms with van der Waals surface area (Å²) >= 11 is 0. The molecule has 1 N–H and O–H groups in total. The minimum absolute atomic E-state index is 0.336. The predicted molar refractivity (Wildman–Crippen MR) is 34.5 cm³/mol. The Labute approximate surface area is 59.5 Å². The second kappa shape index (κ2) is 4.33. The molecule has 0 aliphatic rings. The van der Waals surface area contributed by atoms with E-state index in [-0.39, 0.29) is 12.5 Å². The fourth-order valence-electron chi connectivity index (χ4n) is 0.240. The van der Waals surface area contributed by atoms with Crippen molar-refractivity contribution in [2.45, 2.75) is 0 Å². The Morgan fingerprint density at radius 2 is 2.20 bits per heavy atom. The third kappa shape index (κ3) is 4.38. The van der Waals surface area contributed by atoms with Crippen LogP contribution < -0.4 is 0 Å². The minimum Gasteiger partial charge on any atom is -0.347 e. The second-order valence-corrected chi connectivity index (χ2v) is 2.53. The predicted octanol–water partition coefficient (Wildman–Crippen LogP) is -0.259. The van der Waals surface area contributed by atoms with E-state index in [1.165, 1.54) is 19.0 Å². The second-order valence-electron chi connectivity index (χ2n) is 1.80. The van der Waals surface area contributed by atoms with E-state index in [1.54, 1.807) is 0 Å². The Morgan fingerprint density at radius 3 is 2.50 bits per heavy atom. The zero-order valence-corrected chi connectivity index (χ0v) is 6.67. The molecule has 0 aromatic rings. The topological polar surface area (TPSA) is 66.8 Å². The number of amides is 1. The van der Waals surface area contributed by atoms with Crippen LogP contribution in [0.5, 0.6) is 0 Å². The molecule has 5 nitrogen and oxygen atoms in total. The molecule has 0 saturated carbocycles. The molecule has 0 aromatic carbocycles. The Hall–Kier alpha value is -0.510. The maximum atomic E-state index is 10.6. The van der Waals surface area contributed by atoms with Crippen LogP contribution in [0.1, 0.15) is 0 Å². The van der Waals surface area contributed by atoms with Crippen LogP contribution in [-0.4, -0.2) is 36.4 Å². The molecule has 1 unspecified atom stereocenters. The summed E-state index contributed by atoms with van der Waals surface area (Å²) in [6, 6.07) is 0. The van der Waals surface area contributed by atoms with Gasteiger partial charge in [0.05, 0.1) is 0 Å². The number of hydrogen-bond donors (Lipinski definition) is 1. The van der Waals surface area contributed by atoms with Crippen molar-refractivity contribution in [2.24, 2.45) is 0 Å².